The van der Waals surface area contributed by atoms with Gasteiger partial charge in [0.25, 0.3) is 0 Å². The van der Waals surface area contributed by atoms with Crippen molar-refractivity contribution in [3.63, 3.8) is 0 Å². The molecule has 17 heavy (non-hydrogen) atoms. The Hall–Kier alpha value is -0.860. The molecule has 0 spiro atoms. The lowest BCUT2D eigenvalue weighted by Gasteiger charge is -2.41. The Kier molecular flexibility index (Phi) is 4.19. The van der Waals surface area contributed by atoms with Crippen molar-refractivity contribution in [1.82, 2.24) is 4.90 Å². The summed E-state index contributed by atoms with van der Waals surface area (Å²) in [6.07, 6.45) is 2.56. The minimum atomic E-state index is 0.527. The number of likely N-dealkylation sites (tertiary alicyclic amines) is 1. The first-order valence-electron chi connectivity index (χ1n) is 6.77. The third kappa shape index (κ3) is 2.70. The van der Waals surface area contributed by atoms with Gasteiger partial charge in [-0.25, -0.2) is 0 Å². The number of rotatable bonds is 3. The predicted octanol–water partition coefficient (Wildman–Crippen LogP) is 2.73. The molecular formula is C15H24N2. The Morgan fingerprint density at radius 1 is 1.41 bits per heavy atom. The lowest BCUT2D eigenvalue weighted by molar-refractivity contribution is 0.102. The predicted molar refractivity (Wildman–Crippen MR) is 72.9 cm³/mol. The molecule has 1 aliphatic rings. The molecule has 0 saturated carbocycles. The van der Waals surface area contributed by atoms with Crippen LogP contribution in [0.3, 0.4) is 0 Å². The van der Waals surface area contributed by atoms with E-state index < -0.39 is 0 Å². The summed E-state index contributed by atoms with van der Waals surface area (Å²) in [5.74, 6) is 0.616. The molecule has 0 radical (unpaired) electrons. The van der Waals surface area contributed by atoms with E-state index in [1.807, 2.05) is 0 Å². The Bertz CT molecular complexity index is 350. The van der Waals surface area contributed by atoms with Crippen LogP contribution in [0.25, 0.3) is 0 Å². The van der Waals surface area contributed by atoms with Crippen molar-refractivity contribution in [2.24, 2.45) is 11.7 Å². The molecule has 0 aromatic heterocycles. The summed E-state index contributed by atoms with van der Waals surface area (Å²) < 4.78 is 0. The maximum Gasteiger partial charge on any atom is 0.0388 e. The molecule has 0 amide bonds. The molecule has 2 unspecified atom stereocenters. The Labute approximate surface area is 105 Å². The van der Waals surface area contributed by atoms with Gasteiger partial charge in [-0.15, -0.1) is 0 Å². The van der Waals surface area contributed by atoms with Gasteiger partial charge in [0.05, 0.1) is 0 Å². The van der Waals surface area contributed by atoms with E-state index in [0.29, 0.717) is 12.0 Å². The fraction of sp³-hybridized carbons (Fsp3) is 0.600. The summed E-state index contributed by atoms with van der Waals surface area (Å²) in [6, 6.07) is 9.44. The monoisotopic (exact) mass is 232 g/mol. The van der Waals surface area contributed by atoms with Crippen LogP contribution in [0.2, 0.25) is 0 Å². The fourth-order valence-corrected chi connectivity index (χ4v) is 3.09. The highest BCUT2D eigenvalue weighted by atomic mass is 15.2. The minimum absolute atomic E-state index is 0.527. The van der Waals surface area contributed by atoms with E-state index in [1.54, 1.807) is 0 Å². The van der Waals surface area contributed by atoms with Crippen LogP contribution in [0.4, 0.5) is 0 Å². The van der Waals surface area contributed by atoms with E-state index >= 15 is 0 Å². The molecule has 2 heteroatoms. The van der Waals surface area contributed by atoms with Crippen molar-refractivity contribution >= 4 is 0 Å². The van der Waals surface area contributed by atoms with Crippen molar-refractivity contribution < 1.29 is 0 Å². The Morgan fingerprint density at radius 2 is 2.24 bits per heavy atom. The molecule has 1 fully saturated rings. The van der Waals surface area contributed by atoms with Crippen LogP contribution in [0, 0.1) is 12.8 Å². The molecule has 2 N–H and O–H groups in total. The van der Waals surface area contributed by atoms with E-state index in [-0.39, 0.29) is 0 Å². The fourth-order valence-electron chi connectivity index (χ4n) is 3.09. The zero-order valence-corrected chi connectivity index (χ0v) is 11.0. The normalized spacial score (nSPS) is 26.1. The highest BCUT2D eigenvalue weighted by Crippen LogP contribution is 2.35. The smallest absolute Gasteiger partial charge is 0.0388 e. The summed E-state index contributed by atoms with van der Waals surface area (Å²) in [4.78, 5) is 2.58. The van der Waals surface area contributed by atoms with E-state index in [9.17, 15) is 0 Å². The first-order valence-corrected chi connectivity index (χ1v) is 6.77. The van der Waals surface area contributed by atoms with Crippen LogP contribution >= 0.6 is 0 Å². The minimum Gasteiger partial charge on any atom is -0.330 e. The number of aryl methyl sites for hydroxylation is 1. The Balaban J connectivity index is 2.29. The number of benzene rings is 1. The molecular weight excluding hydrogens is 208 g/mol. The first kappa shape index (κ1) is 12.6. The number of hydrogen-bond acceptors (Lipinski definition) is 2. The van der Waals surface area contributed by atoms with Gasteiger partial charge in [-0.2, -0.15) is 0 Å². The summed E-state index contributed by atoms with van der Waals surface area (Å²) in [7, 11) is 0. The molecule has 2 rings (SSSR count). The molecule has 2 atom stereocenters. The lowest BCUT2D eigenvalue weighted by Crippen LogP contribution is -2.41. The number of nitrogens with two attached hydrogens (primary N) is 1. The average molecular weight is 232 g/mol. The van der Waals surface area contributed by atoms with Crippen LogP contribution in [0.5, 0.6) is 0 Å². The summed E-state index contributed by atoms with van der Waals surface area (Å²) in [5.41, 5.74) is 8.75. The van der Waals surface area contributed by atoms with Crippen LogP contribution < -0.4 is 5.73 Å². The lowest BCUT2D eigenvalue weighted by atomic mass is 9.84. The zero-order valence-electron chi connectivity index (χ0n) is 11.0. The van der Waals surface area contributed by atoms with Gasteiger partial charge < -0.3 is 5.73 Å². The maximum absolute atomic E-state index is 5.96. The standard InChI is InChI=1S/C15H24N2/c1-3-17-9-5-8-14(11-16)15(17)13-7-4-6-12(2)10-13/h4,6-7,10,14-15H,3,5,8-9,11,16H2,1-2H3. The van der Waals surface area contributed by atoms with Gasteiger partial charge >= 0.3 is 0 Å². The average Bonchev–Trinajstić information content (AvgIpc) is 2.37. The molecule has 0 aliphatic carbocycles. The molecule has 1 aromatic carbocycles. The van der Waals surface area contributed by atoms with Gasteiger partial charge in [0.15, 0.2) is 0 Å². The van der Waals surface area contributed by atoms with Crippen molar-refractivity contribution in [3.8, 4) is 0 Å². The third-order valence-electron chi connectivity index (χ3n) is 3.95. The van der Waals surface area contributed by atoms with Gasteiger partial charge in [-0.05, 0) is 50.9 Å². The largest absolute Gasteiger partial charge is 0.330 e. The molecule has 1 saturated heterocycles. The van der Waals surface area contributed by atoms with Crippen LogP contribution in [0.15, 0.2) is 24.3 Å². The van der Waals surface area contributed by atoms with Gasteiger partial charge in [-0.3, -0.25) is 4.90 Å². The van der Waals surface area contributed by atoms with E-state index in [0.717, 1.165) is 13.1 Å². The number of hydrogen-bond donors (Lipinski definition) is 1. The van der Waals surface area contributed by atoms with Crippen molar-refractivity contribution in [1.29, 1.82) is 0 Å². The van der Waals surface area contributed by atoms with Crippen molar-refractivity contribution in [2.45, 2.75) is 32.7 Å². The van der Waals surface area contributed by atoms with Crippen molar-refractivity contribution in [3.05, 3.63) is 35.4 Å². The van der Waals surface area contributed by atoms with Crippen LogP contribution in [-0.2, 0) is 0 Å². The molecule has 1 aliphatic heterocycles. The quantitative estimate of drug-likeness (QED) is 0.868. The van der Waals surface area contributed by atoms with E-state index in [4.69, 9.17) is 5.73 Å². The highest BCUT2D eigenvalue weighted by Gasteiger charge is 2.30. The molecule has 0 bridgehead atoms. The zero-order chi connectivity index (χ0) is 12.3. The summed E-state index contributed by atoms with van der Waals surface area (Å²) >= 11 is 0. The Morgan fingerprint density at radius 3 is 2.88 bits per heavy atom. The van der Waals surface area contributed by atoms with Gasteiger partial charge in [-0.1, -0.05) is 36.8 Å². The van der Waals surface area contributed by atoms with Gasteiger partial charge in [0.2, 0.25) is 0 Å². The first-order chi connectivity index (χ1) is 8.26. The number of nitrogens with zero attached hydrogens (tertiary/aromatic N) is 1. The highest BCUT2D eigenvalue weighted by molar-refractivity contribution is 5.26. The molecule has 2 nitrogen and oxygen atoms in total. The second-order valence-electron chi connectivity index (χ2n) is 5.13. The van der Waals surface area contributed by atoms with Gasteiger partial charge in [0.1, 0.15) is 0 Å². The third-order valence-corrected chi connectivity index (χ3v) is 3.95. The molecule has 94 valence electrons. The van der Waals surface area contributed by atoms with E-state index in [2.05, 4.69) is 43.0 Å². The molecule has 1 heterocycles. The van der Waals surface area contributed by atoms with Crippen LogP contribution in [-0.4, -0.2) is 24.5 Å². The van der Waals surface area contributed by atoms with E-state index in [1.165, 1.54) is 30.5 Å². The van der Waals surface area contributed by atoms with Crippen LogP contribution in [0.1, 0.15) is 36.9 Å². The van der Waals surface area contributed by atoms with Gasteiger partial charge in [0, 0.05) is 6.04 Å². The molecule has 1 aromatic rings. The maximum atomic E-state index is 5.96. The second-order valence-corrected chi connectivity index (χ2v) is 5.13. The SMILES string of the molecule is CCN1CCCC(CN)C1c1cccc(C)c1. The summed E-state index contributed by atoms with van der Waals surface area (Å²) in [5, 5.41) is 0. The number of piperidine rings is 1. The second kappa shape index (κ2) is 5.65. The topological polar surface area (TPSA) is 29.3 Å². The van der Waals surface area contributed by atoms with Crippen molar-refractivity contribution in [2.75, 3.05) is 19.6 Å². The summed E-state index contributed by atoms with van der Waals surface area (Å²) in [6.45, 7) is 7.55.